The van der Waals surface area contributed by atoms with E-state index in [1.165, 1.54) is 40.3 Å². The van der Waals surface area contributed by atoms with Crippen LogP contribution in [0.2, 0.25) is 0 Å². The van der Waals surface area contributed by atoms with Crippen molar-refractivity contribution in [2.75, 3.05) is 11.9 Å². The summed E-state index contributed by atoms with van der Waals surface area (Å²) < 4.78 is 75.1. The van der Waals surface area contributed by atoms with Gasteiger partial charge in [0.2, 0.25) is 15.9 Å². The number of hydrogen-bond donors (Lipinski definition) is 2. The number of nitrogens with zero attached hydrogens (tertiary/aromatic N) is 1. The van der Waals surface area contributed by atoms with Crippen LogP contribution in [0.1, 0.15) is 5.69 Å². The van der Waals surface area contributed by atoms with Gasteiger partial charge in [0.25, 0.3) is 0 Å². The van der Waals surface area contributed by atoms with Crippen molar-refractivity contribution >= 4 is 33.0 Å². The van der Waals surface area contributed by atoms with Crippen molar-refractivity contribution in [3.8, 4) is 10.6 Å². The molecule has 31 heavy (non-hydrogen) atoms. The third-order valence-electron chi connectivity index (χ3n) is 3.88. The number of thiazole rings is 1. The zero-order valence-corrected chi connectivity index (χ0v) is 17.2. The summed E-state index contributed by atoms with van der Waals surface area (Å²) in [6.45, 7) is -1.68. The number of sulfonamides is 1. The molecule has 0 bridgehead atoms. The molecule has 0 spiro atoms. The normalized spacial score (nSPS) is 12.0. The van der Waals surface area contributed by atoms with Crippen LogP contribution in [-0.4, -0.2) is 32.0 Å². The SMILES string of the molecule is O=C(Cc1csc(-c2cccc(F)c2)n1)Nc1ccc(S(=O)(=O)NCC(F)(F)F)cc1. The van der Waals surface area contributed by atoms with E-state index in [1.807, 2.05) is 0 Å². The Hall–Kier alpha value is -2.83. The molecule has 3 rings (SSSR count). The Morgan fingerprint density at radius 1 is 1.10 bits per heavy atom. The first-order valence-corrected chi connectivity index (χ1v) is 11.0. The van der Waals surface area contributed by atoms with Crippen molar-refractivity contribution in [2.45, 2.75) is 17.5 Å². The van der Waals surface area contributed by atoms with Crippen molar-refractivity contribution in [1.82, 2.24) is 9.71 Å². The number of nitrogens with one attached hydrogen (secondary N) is 2. The number of carbonyl (C=O) groups is 1. The molecular formula is C19H15F4N3O3S2. The Balaban J connectivity index is 1.60. The summed E-state index contributed by atoms with van der Waals surface area (Å²) in [7, 11) is -4.33. The van der Waals surface area contributed by atoms with Crippen LogP contribution in [0.4, 0.5) is 23.2 Å². The molecule has 0 aliphatic carbocycles. The Kier molecular flexibility index (Phi) is 6.72. The Labute approximate surface area is 179 Å². The van der Waals surface area contributed by atoms with Gasteiger partial charge in [0.15, 0.2) is 0 Å². The van der Waals surface area contributed by atoms with Gasteiger partial charge >= 0.3 is 6.18 Å². The number of amides is 1. The number of benzene rings is 2. The molecule has 0 saturated heterocycles. The van der Waals surface area contributed by atoms with Crippen LogP contribution < -0.4 is 10.0 Å². The molecule has 2 N–H and O–H groups in total. The minimum absolute atomic E-state index is 0.0704. The molecule has 0 radical (unpaired) electrons. The molecule has 1 amide bonds. The van der Waals surface area contributed by atoms with Crippen LogP contribution in [0.5, 0.6) is 0 Å². The molecule has 0 fully saturated rings. The lowest BCUT2D eigenvalue weighted by molar-refractivity contribution is -0.121. The highest BCUT2D eigenvalue weighted by molar-refractivity contribution is 7.89. The summed E-state index contributed by atoms with van der Waals surface area (Å²) in [4.78, 5) is 16.1. The van der Waals surface area contributed by atoms with Crippen LogP contribution in [0.15, 0.2) is 58.8 Å². The van der Waals surface area contributed by atoms with Gasteiger partial charge in [0, 0.05) is 16.6 Å². The van der Waals surface area contributed by atoms with Crippen LogP contribution in [0, 0.1) is 5.82 Å². The minimum atomic E-state index is -4.68. The van der Waals surface area contributed by atoms with Crippen molar-refractivity contribution in [1.29, 1.82) is 0 Å². The van der Waals surface area contributed by atoms with Gasteiger partial charge in [-0.1, -0.05) is 12.1 Å². The molecule has 0 saturated carbocycles. The van der Waals surface area contributed by atoms with Crippen molar-refractivity contribution < 1.29 is 30.8 Å². The number of aromatic nitrogens is 1. The summed E-state index contributed by atoms with van der Waals surface area (Å²) in [5.74, 6) is -0.826. The van der Waals surface area contributed by atoms with Gasteiger partial charge in [-0.3, -0.25) is 4.79 Å². The third-order valence-corrected chi connectivity index (χ3v) is 6.23. The fourth-order valence-corrected chi connectivity index (χ4v) is 4.32. The van der Waals surface area contributed by atoms with Gasteiger partial charge < -0.3 is 5.32 Å². The first-order valence-electron chi connectivity index (χ1n) is 8.68. The zero-order valence-electron chi connectivity index (χ0n) is 15.6. The Morgan fingerprint density at radius 2 is 1.81 bits per heavy atom. The molecule has 0 unspecified atom stereocenters. The van der Waals surface area contributed by atoms with E-state index in [2.05, 4.69) is 10.3 Å². The molecule has 0 aliphatic heterocycles. The predicted octanol–water partition coefficient (Wildman–Crippen LogP) is 3.97. The highest BCUT2D eigenvalue weighted by Crippen LogP contribution is 2.24. The maximum absolute atomic E-state index is 13.3. The highest BCUT2D eigenvalue weighted by atomic mass is 32.2. The zero-order chi connectivity index (χ0) is 22.6. The van der Waals surface area contributed by atoms with Gasteiger partial charge in [-0.05, 0) is 36.4 Å². The molecule has 1 aromatic heterocycles. The number of carbonyl (C=O) groups excluding carboxylic acids is 1. The second-order valence-corrected chi connectivity index (χ2v) is 8.97. The van der Waals surface area contributed by atoms with E-state index in [1.54, 1.807) is 17.5 Å². The number of rotatable bonds is 7. The van der Waals surface area contributed by atoms with Gasteiger partial charge in [0.05, 0.1) is 17.0 Å². The van der Waals surface area contributed by atoms with Crippen LogP contribution in [0.25, 0.3) is 10.6 Å². The second kappa shape index (κ2) is 9.12. The topological polar surface area (TPSA) is 88.2 Å². The van der Waals surface area contributed by atoms with Gasteiger partial charge in [-0.2, -0.15) is 13.2 Å². The Bertz CT molecular complexity index is 1180. The van der Waals surface area contributed by atoms with Crippen LogP contribution >= 0.6 is 11.3 Å². The summed E-state index contributed by atoms with van der Waals surface area (Å²) in [6, 6.07) is 10.6. The quantitative estimate of drug-likeness (QED) is 0.509. The van der Waals surface area contributed by atoms with E-state index in [9.17, 15) is 30.8 Å². The van der Waals surface area contributed by atoms with Gasteiger partial charge in [0.1, 0.15) is 17.4 Å². The largest absolute Gasteiger partial charge is 0.402 e. The number of alkyl halides is 3. The fourth-order valence-electron chi connectivity index (χ4n) is 2.49. The third kappa shape index (κ3) is 6.57. The lowest BCUT2D eigenvalue weighted by Crippen LogP contribution is -2.33. The van der Waals surface area contributed by atoms with E-state index in [0.717, 1.165) is 12.1 Å². The first kappa shape index (κ1) is 22.8. The van der Waals surface area contributed by atoms with Crippen LogP contribution in [-0.2, 0) is 21.2 Å². The Morgan fingerprint density at radius 3 is 2.45 bits per heavy atom. The average molecular weight is 473 g/mol. The van der Waals surface area contributed by atoms with E-state index >= 15 is 0 Å². The van der Waals surface area contributed by atoms with Gasteiger partial charge in [-0.25, -0.2) is 22.5 Å². The smallest absolute Gasteiger partial charge is 0.326 e. The molecule has 12 heteroatoms. The molecule has 2 aromatic carbocycles. The molecule has 1 heterocycles. The fraction of sp³-hybridized carbons (Fsp3) is 0.158. The number of halogens is 4. The molecular weight excluding hydrogens is 458 g/mol. The first-order chi connectivity index (χ1) is 14.5. The standard InChI is InChI=1S/C19H15F4N3O3S2/c20-13-3-1-2-12(8-13)18-26-15(10-30-18)9-17(27)25-14-4-6-16(7-5-14)31(28,29)24-11-19(21,22)23/h1-8,10,24H,9,11H2,(H,25,27). The van der Waals surface area contributed by atoms with Crippen LogP contribution in [0.3, 0.4) is 0 Å². The van der Waals surface area contributed by atoms with E-state index < -0.39 is 34.5 Å². The summed E-state index contributed by atoms with van der Waals surface area (Å²) in [5.41, 5.74) is 1.32. The lowest BCUT2D eigenvalue weighted by atomic mass is 10.2. The summed E-state index contributed by atoms with van der Waals surface area (Å²) in [5, 5.41) is 4.78. The van der Waals surface area contributed by atoms with E-state index in [0.29, 0.717) is 16.3 Å². The average Bonchev–Trinajstić information content (AvgIpc) is 3.15. The lowest BCUT2D eigenvalue weighted by Gasteiger charge is -2.10. The molecule has 0 aliphatic rings. The summed E-state index contributed by atoms with van der Waals surface area (Å²) >= 11 is 1.26. The minimum Gasteiger partial charge on any atom is -0.326 e. The van der Waals surface area contributed by atoms with E-state index in [-0.39, 0.29) is 17.0 Å². The van der Waals surface area contributed by atoms with Crippen molar-refractivity contribution in [3.63, 3.8) is 0 Å². The maximum atomic E-state index is 13.3. The second-order valence-electron chi connectivity index (χ2n) is 6.34. The van der Waals surface area contributed by atoms with E-state index in [4.69, 9.17) is 0 Å². The molecule has 164 valence electrons. The van der Waals surface area contributed by atoms with Gasteiger partial charge in [-0.15, -0.1) is 11.3 Å². The molecule has 6 nitrogen and oxygen atoms in total. The van der Waals surface area contributed by atoms with Crippen molar-refractivity contribution in [3.05, 3.63) is 65.4 Å². The molecule has 3 aromatic rings. The number of hydrogen-bond acceptors (Lipinski definition) is 5. The predicted molar refractivity (Wildman–Crippen MR) is 108 cm³/mol. The number of anilines is 1. The maximum Gasteiger partial charge on any atom is 0.402 e. The molecule has 0 atom stereocenters. The monoisotopic (exact) mass is 473 g/mol. The highest BCUT2D eigenvalue weighted by Gasteiger charge is 2.30. The van der Waals surface area contributed by atoms with Crippen molar-refractivity contribution in [2.24, 2.45) is 0 Å². The summed E-state index contributed by atoms with van der Waals surface area (Å²) in [6.07, 6.45) is -4.75.